The van der Waals surface area contributed by atoms with Crippen molar-refractivity contribution >= 4 is 56.3 Å². The number of rotatable bonds is 5. The van der Waals surface area contributed by atoms with Gasteiger partial charge in [0.05, 0.1) is 0 Å². The van der Waals surface area contributed by atoms with Crippen LogP contribution in [0.5, 0.6) is 0 Å². The molecule has 2 aliphatic heterocycles. The summed E-state index contributed by atoms with van der Waals surface area (Å²) in [6.07, 6.45) is 1.35. The van der Waals surface area contributed by atoms with Crippen LogP contribution in [0.25, 0.3) is 0 Å². The van der Waals surface area contributed by atoms with Crippen molar-refractivity contribution in [2.75, 3.05) is 41.4 Å². The Morgan fingerprint density at radius 1 is 1.10 bits per heavy atom. The molecule has 0 unspecified atom stereocenters. The first-order valence-corrected chi connectivity index (χ1v) is 12.8. The SMILES string of the molecule is O=C(Nc1cccc(N2CCCC2=O)c1)c1sccc1S(=O)(=O)N1CCSCC1. The lowest BCUT2D eigenvalue weighted by molar-refractivity contribution is -0.117. The molecule has 0 atom stereocenters. The third-order valence-electron chi connectivity index (χ3n) is 4.91. The smallest absolute Gasteiger partial charge is 0.267 e. The second-order valence-electron chi connectivity index (χ2n) is 6.78. The minimum Gasteiger partial charge on any atom is -0.321 e. The van der Waals surface area contributed by atoms with E-state index >= 15 is 0 Å². The highest BCUT2D eigenvalue weighted by Crippen LogP contribution is 2.29. The van der Waals surface area contributed by atoms with Gasteiger partial charge in [0.1, 0.15) is 9.77 Å². The largest absolute Gasteiger partial charge is 0.321 e. The molecule has 2 saturated heterocycles. The molecule has 29 heavy (non-hydrogen) atoms. The molecule has 10 heteroatoms. The van der Waals surface area contributed by atoms with Gasteiger partial charge in [0.15, 0.2) is 0 Å². The number of thiophene rings is 1. The van der Waals surface area contributed by atoms with Crippen LogP contribution in [-0.2, 0) is 14.8 Å². The van der Waals surface area contributed by atoms with E-state index in [4.69, 9.17) is 0 Å². The Balaban J connectivity index is 1.55. The van der Waals surface area contributed by atoms with E-state index in [1.54, 1.807) is 40.2 Å². The Labute approximate surface area is 178 Å². The van der Waals surface area contributed by atoms with Crippen LogP contribution in [0, 0.1) is 0 Å². The zero-order valence-corrected chi connectivity index (χ0v) is 18.1. The maximum absolute atomic E-state index is 13.0. The zero-order valence-electron chi connectivity index (χ0n) is 15.7. The van der Waals surface area contributed by atoms with Crippen molar-refractivity contribution in [3.05, 3.63) is 40.6 Å². The van der Waals surface area contributed by atoms with E-state index in [0.717, 1.165) is 35.0 Å². The molecule has 7 nitrogen and oxygen atoms in total. The average molecular weight is 452 g/mol. The van der Waals surface area contributed by atoms with E-state index in [0.29, 0.717) is 31.7 Å². The number of nitrogens with one attached hydrogen (secondary N) is 1. The van der Waals surface area contributed by atoms with Crippen LogP contribution in [0.1, 0.15) is 22.5 Å². The summed E-state index contributed by atoms with van der Waals surface area (Å²) in [7, 11) is -3.70. The fourth-order valence-corrected chi connectivity index (χ4v) is 7.32. The summed E-state index contributed by atoms with van der Waals surface area (Å²) in [4.78, 5) is 26.7. The minimum atomic E-state index is -3.70. The summed E-state index contributed by atoms with van der Waals surface area (Å²) in [5.41, 5.74) is 1.26. The monoisotopic (exact) mass is 451 g/mol. The fraction of sp³-hybridized carbons (Fsp3) is 0.368. The second kappa shape index (κ2) is 8.47. The number of sulfonamides is 1. The first kappa shape index (κ1) is 20.4. The summed E-state index contributed by atoms with van der Waals surface area (Å²) >= 11 is 2.84. The van der Waals surface area contributed by atoms with Crippen LogP contribution in [0.4, 0.5) is 11.4 Å². The molecule has 2 fully saturated rings. The first-order valence-electron chi connectivity index (χ1n) is 9.34. The maximum atomic E-state index is 13.0. The number of carbonyl (C=O) groups excluding carboxylic acids is 2. The van der Waals surface area contributed by atoms with Crippen LogP contribution in [-0.4, -0.2) is 55.7 Å². The predicted molar refractivity (Wildman–Crippen MR) is 116 cm³/mol. The number of hydrogen-bond donors (Lipinski definition) is 1. The van der Waals surface area contributed by atoms with Crippen LogP contribution >= 0.6 is 23.1 Å². The van der Waals surface area contributed by atoms with Crippen molar-refractivity contribution in [3.8, 4) is 0 Å². The number of amides is 2. The highest BCUT2D eigenvalue weighted by atomic mass is 32.2. The lowest BCUT2D eigenvalue weighted by atomic mass is 10.2. The molecule has 1 aromatic carbocycles. The second-order valence-corrected chi connectivity index (χ2v) is 10.8. The number of benzene rings is 1. The topological polar surface area (TPSA) is 86.8 Å². The third-order valence-corrected chi connectivity index (χ3v) is 8.84. The number of nitrogens with zero attached hydrogens (tertiary/aromatic N) is 2. The summed E-state index contributed by atoms with van der Waals surface area (Å²) in [6, 6.07) is 8.56. The lowest BCUT2D eigenvalue weighted by Crippen LogP contribution is -2.38. The van der Waals surface area contributed by atoms with E-state index in [1.807, 2.05) is 6.07 Å². The van der Waals surface area contributed by atoms with Gasteiger partial charge in [-0.15, -0.1) is 11.3 Å². The maximum Gasteiger partial charge on any atom is 0.267 e. The Morgan fingerprint density at radius 3 is 2.62 bits per heavy atom. The quantitative estimate of drug-likeness (QED) is 0.755. The van der Waals surface area contributed by atoms with Crippen molar-refractivity contribution < 1.29 is 18.0 Å². The van der Waals surface area contributed by atoms with Crippen molar-refractivity contribution in [1.82, 2.24) is 4.31 Å². The molecule has 2 aliphatic rings. The molecule has 0 saturated carbocycles. The molecule has 154 valence electrons. The number of anilines is 2. The number of hydrogen-bond acceptors (Lipinski definition) is 6. The third kappa shape index (κ3) is 4.20. The predicted octanol–water partition coefficient (Wildman–Crippen LogP) is 2.86. The molecular formula is C19H21N3O4S3. The lowest BCUT2D eigenvalue weighted by Gasteiger charge is -2.25. The van der Waals surface area contributed by atoms with Gasteiger partial charge in [0.25, 0.3) is 5.91 Å². The van der Waals surface area contributed by atoms with Gasteiger partial charge in [-0.2, -0.15) is 16.1 Å². The normalized spacial score (nSPS) is 18.2. The van der Waals surface area contributed by atoms with Gasteiger partial charge in [0, 0.05) is 48.9 Å². The van der Waals surface area contributed by atoms with E-state index in [1.165, 1.54) is 10.4 Å². The van der Waals surface area contributed by atoms with Crippen LogP contribution in [0.2, 0.25) is 0 Å². The van der Waals surface area contributed by atoms with Crippen LogP contribution < -0.4 is 10.2 Å². The summed E-state index contributed by atoms with van der Waals surface area (Å²) in [6.45, 7) is 1.57. The number of carbonyl (C=O) groups is 2. The Bertz CT molecular complexity index is 1030. The first-order chi connectivity index (χ1) is 14.0. The van der Waals surface area contributed by atoms with Crippen molar-refractivity contribution in [1.29, 1.82) is 0 Å². The number of thioether (sulfide) groups is 1. The fourth-order valence-electron chi connectivity index (χ4n) is 3.45. The zero-order chi connectivity index (χ0) is 20.4. The van der Waals surface area contributed by atoms with Crippen molar-refractivity contribution in [2.24, 2.45) is 0 Å². The van der Waals surface area contributed by atoms with Gasteiger partial charge in [-0.05, 0) is 36.1 Å². The molecule has 0 radical (unpaired) electrons. The molecule has 3 heterocycles. The van der Waals surface area contributed by atoms with Gasteiger partial charge in [-0.3, -0.25) is 9.59 Å². The summed E-state index contributed by atoms with van der Waals surface area (Å²) < 4.78 is 27.4. The van der Waals surface area contributed by atoms with Crippen LogP contribution in [0.15, 0.2) is 40.6 Å². The molecule has 1 N–H and O–H groups in total. The van der Waals surface area contributed by atoms with Gasteiger partial charge >= 0.3 is 0 Å². The standard InChI is InChI=1S/C19H21N3O4S3/c23-17-5-2-7-22(17)15-4-1-3-14(13-15)20-19(24)18-16(6-10-28-18)29(25,26)21-8-11-27-12-9-21/h1,3-4,6,10,13H,2,5,7-9,11-12H2,(H,20,24). The molecule has 4 rings (SSSR count). The van der Waals surface area contributed by atoms with Crippen molar-refractivity contribution in [2.45, 2.75) is 17.7 Å². The van der Waals surface area contributed by atoms with Crippen molar-refractivity contribution in [3.63, 3.8) is 0 Å². The van der Waals surface area contributed by atoms with E-state index in [-0.39, 0.29) is 15.7 Å². The molecule has 0 bridgehead atoms. The van der Waals surface area contributed by atoms with E-state index in [9.17, 15) is 18.0 Å². The summed E-state index contributed by atoms with van der Waals surface area (Å²) in [5.74, 6) is 1.12. The Morgan fingerprint density at radius 2 is 1.90 bits per heavy atom. The van der Waals surface area contributed by atoms with Gasteiger partial charge < -0.3 is 10.2 Å². The Hall–Kier alpha value is -1.88. The molecule has 0 spiro atoms. The highest BCUT2D eigenvalue weighted by Gasteiger charge is 2.31. The Kier molecular flexibility index (Phi) is 5.95. The molecule has 0 aliphatic carbocycles. The van der Waals surface area contributed by atoms with Gasteiger partial charge in [0.2, 0.25) is 15.9 Å². The average Bonchev–Trinajstić information content (AvgIpc) is 3.38. The molecular weight excluding hydrogens is 430 g/mol. The highest BCUT2D eigenvalue weighted by molar-refractivity contribution is 7.99. The van der Waals surface area contributed by atoms with Gasteiger partial charge in [-0.1, -0.05) is 6.07 Å². The van der Waals surface area contributed by atoms with E-state index < -0.39 is 15.9 Å². The summed E-state index contributed by atoms with van der Waals surface area (Å²) in [5, 5.41) is 4.41. The van der Waals surface area contributed by atoms with E-state index in [2.05, 4.69) is 5.32 Å². The molecule has 1 aromatic heterocycles. The van der Waals surface area contributed by atoms with Crippen LogP contribution in [0.3, 0.4) is 0 Å². The molecule has 2 aromatic rings. The van der Waals surface area contributed by atoms with Gasteiger partial charge in [-0.25, -0.2) is 8.42 Å². The minimum absolute atomic E-state index is 0.0535. The molecule has 2 amide bonds.